The fraction of sp³-hybridized carbons (Fsp3) is 0.714. The standard InChI is InChI=1S/C14H24N2O3S2/c1-2-5-15-9-13-8-14(11-20-13)21(17,18)16-6-7-19-10-12-3-4-12/h8,11-12,15-16H,2-7,9-10H2,1H3. The Bertz CT molecular complexity index is 524. The molecule has 21 heavy (non-hydrogen) atoms. The second kappa shape index (κ2) is 8.24. The van der Waals surface area contributed by atoms with Crippen molar-refractivity contribution in [2.45, 2.75) is 37.6 Å². The van der Waals surface area contributed by atoms with Crippen LogP contribution in [0, 0.1) is 5.92 Å². The van der Waals surface area contributed by atoms with Crippen molar-refractivity contribution in [1.29, 1.82) is 0 Å². The second-order valence-electron chi connectivity index (χ2n) is 5.34. The maximum Gasteiger partial charge on any atom is 0.241 e. The molecule has 0 aromatic carbocycles. The van der Waals surface area contributed by atoms with Crippen molar-refractivity contribution in [3.05, 3.63) is 16.3 Å². The van der Waals surface area contributed by atoms with Crippen LogP contribution in [0.25, 0.3) is 0 Å². The van der Waals surface area contributed by atoms with Crippen molar-refractivity contribution < 1.29 is 13.2 Å². The zero-order chi connectivity index (χ0) is 15.1. The molecule has 1 aromatic heterocycles. The summed E-state index contributed by atoms with van der Waals surface area (Å²) in [5.74, 6) is 0.705. The fourth-order valence-corrected chi connectivity index (χ4v) is 4.11. The molecule has 5 nitrogen and oxygen atoms in total. The quantitative estimate of drug-likeness (QED) is 0.608. The predicted molar refractivity (Wildman–Crippen MR) is 85.0 cm³/mol. The molecule has 1 fully saturated rings. The van der Waals surface area contributed by atoms with Gasteiger partial charge in [0, 0.05) is 30.0 Å². The molecule has 0 radical (unpaired) electrons. The minimum atomic E-state index is -3.40. The van der Waals surface area contributed by atoms with E-state index >= 15 is 0 Å². The van der Waals surface area contributed by atoms with E-state index in [4.69, 9.17) is 4.74 Å². The van der Waals surface area contributed by atoms with E-state index in [-0.39, 0.29) is 0 Å². The highest BCUT2D eigenvalue weighted by molar-refractivity contribution is 7.89. The first-order chi connectivity index (χ1) is 10.1. The third-order valence-corrected chi connectivity index (χ3v) is 5.78. The minimum Gasteiger partial charge on any atom is -0.380 e. The highest BCUT2D eigenvalue weighted by Gasteiger charge is 2.21. The van der Waals surface area contributed by atoms with Crippen molar-refractivity contribution >= 4 is 21.4 Å². The smallest absolute Gasteiger partial charge is 0.241 e. The van der Waals surface area contributed by atoms with Gasteiger partial charge in [-0.15, -0.1) is 11.3 Å². The molecule has 1 heterocycles. The lowest BCUT2D eigenvalue weighted by atomic mass is 10.4. The number of sulfonamides is 1. The molecular formula is C14H24N2O3S2. The van der Waals surface area contributed by atoms with Crippen molar-refractivity contribution in [3.63, 3.8) is 0 Å². The summed E-state index contributed by atoms with van der Waals surface area (Å²) >= 11 is 1.47. The van der Waals surface area contributed by atoms with Crippen LogP contribution in [0.4, 0.5) is 0 Å². The Balaban J connectivity index is 1.72. The third kappa shape index (κ3) is 6.04. The highest BCUT2D eigenvalue weighted by Crippen LogP contribution is 2.28. The Kier molecular flexibility index (Phi) is 6.63. The van der Waals surface area contributed by atoms with Gasteiger partial charge in [0.15, 0.2) is 0 Å². The van der Waals surface area contributed by atoms with Gasteiger partial charge in [0.1, 0.15) is 0 Å². The summed E-state index contributed by atoms with van der Waals surface area (Å²) in [4.78, 5) is 1.39. The molecule has 1 aliphatic rings. The van der Waals surface area contributed by atoms with Crippen LogP contribution in [-0.4, -0.2) is 34.7 Å². The summed E-state index contributed by atoms with van der Waals surface area (Å²) in [6, 6.07) is 1.74. The largest absolute Gasteiger partial charge is 0.380 e. The summed E-state index contributed by atoms with van der Waals surface area (Å²) in [6.45, 7) is 5.29. The van der Waals surface area contributed by atoms with E-state index in [0.717, 1.165) is 31.0 Å². The summed E-state index contributed by atoms with van der Waals surface area (Å²) in [7, 11) is -3.40. The SMILES string of the molecule is CCCNCc1cc(S(=O)(=O)NCCOCC2CC2)cs1. The number of ether oxygens (including phenoxy) is 1. The first-order valence-electron chi connectivity index (χ1n) is 7.47. The molecule has 0 saturated heterocycles. The van der Waals surface area contributed by atoms with E-state index in [1.807, 2.05) is 0 Å². The monoisotopic (exact) mass is 332 g/mol. The Morgan fingerprint density at radius 2 is 2.19 bits per heavy atom. The first-order valence-corrected chi connectivity index (χ1v) is 9.83. The molecule has 1 aromatic rings. The summed E-state index contributed by atoms with van der Waals surface area (Å²) in [5.41, 5.74) is 0. The molecule has 120 valence electrons. The normalized spacial score (nSPS) is 15.5. The van der Waals surface area contributed by atoms with E-state index < -0.39 is 10.0 Å². The van der Waals surface area contributed by atoms with Crippen LogP contribution in [0.15, 0.2) is 16.3 Å². The molecule has 0 bridgehead atoms. The van der Waals surface area contributed by atoms with Gasteiger partial charge in [0.2, 0.25) is 10.0 Å². The maximum atomic E-state index is 12.1. The van der Waals surface area contributed by atoms with E-state index in [2.05, 4.69) is 17.0 Å². The topological polar surface area (TPSA) is 67.4 Å². The Hall–Kier alpha value is -0.470. The van der Waals surface area contributed by atoms with Gasteiger partial charge in [-0.25, -0.2) is 13.1 Å². The van der Waals surface area contributed by atoms with Crippen LogP contribution >= 0.6 is 11.3 Å². The van der Waals surface area contributed by atoms with E-state index in [1.165, 1.54) is 24.2 Å². The molecule has 7 heteroatoms. The first kappa shape index (κ1) is 16.9. The molecule has 0 spiro atoms. The van der Waals surface area contributed by atoms with E-state index in [9.17, 15) is 8.42 Å². The van der Waals surface area contributed by atoms with E-state index in [1.54, 1.807) is 11.4 Å². The lowest BCUT2D eigenvalue weighted by Crippen LogP contribution is -2.27. The van der Waals surface area contributed by atoms with Gasteiger partial charge in [-0.05, 0) is 37.8 Å². The Morgan fingerprint density at radius 1 is 1.38 bits per heavy atom. The summed E-state index contributed by atoms with van der Waals surface area (Å²) in [5, 5.41) is 4.96. The van der Waals surface area contributed by atoms with Gasteiger partial charge in [0.05, 0.1) is 11.5 Å². The number of nitrogens with one attached hydrogen (secondary N) is 2. The van der Waals surface area contributed by atoms with Crippen LogP contribution in [0.1, 0.15) is 31.1 Å². The second-order valence-corrected chi connectivity index (χ2v) is 8.10. The molecule has 0 atom stereocenters. The average Bonchev–Trinajstić information content (AvgIpc) is 3.14. The van der Waals surface area contributed by atoms with Crippen LogP contribution in [0.2, 0.25) is 0 Å². The molecule has 0 amide bonds. The summed E-state index contributed by atoms with van der Waals surface area (Å²) < 4.78 is 32.2. The summed E-state index contributed by atoms with van der Waals surface area (Å²) in [6.07, 6.45) is 3.56. The molecule has 0 aliphatic heterocycles. The van der Waals surface area contributed by atoms with Gasteiger partial charge in [-0.3, -0.25) is 0 Å². The molecule has 1 aliphatic carbocycles. The molecular weight excluding hydrogens is 308 g/mol. The van der Waals surface area contributed by atoms with Crippen molar-refractivity contribution in [2.75, 3.05) is 26.3 Å². The van der Waals surface area contributed by atoms with Crippen molar-refractivity contribution in [2.24, 2.45) is 5.92 Å². The Morgan fingerprint density at radius 3 is 2.90 bits per heavy atom. The van der Waals surface area contributed by atoms with E-state index in [0.29, 0.717) is 24.0 Å². The lowest BCUT2D eigenvalue weighted by Gasteiger charge is -2.05. The number of hydrogen-bond acceptors (Lipinski definition) is 5. The molecule has 2 rings (SSSR count). The third-order valence-electron chi connectivity index (χ3n) is 3.25. The van der Waals surface area contributed by atoms with Gasteiger partial charge in [0.25, 0.3) is 0 Å². The van der Waals surface area contributed by atoms with Crippen molar-refractivity contribution in [3.8, 4) is 0 Å². The van der Waals surface area contributed by atoms with Crippen LogP contribution < -0.4 is 10.0 Å². The van der Waals surface area contributed by atoms with Gasteiger partial charge in [-0.1, -0.05) is 6.92 Å². The maximum absolute atomic E-state index is 12.1. The minimum absolute atomic E-state index is 0.328. The van der Waals surface area contributed by atoms with Crippen LogP contribution in [0.3, 0.4) is 0 Å². The highest BCUT2D eigenvalue weighted by atomic mass is 32.2. The van der Waals surface area contributed by atoms with Gasteiger partial charge >= 0.3 is 0 Å². The zero-order valence-electron chi connectivity index (χ0n) is 12.4. The predicted octanol–water partition coefficient (Wildman–Crippen LogP) is 1.95. The fourth-order valence-electron chi connectivity index (χ4n) is 1.85. The van der Waals surface area contributed by atoms with Crippen LogP contribution in [-0.2, 0) is 21.3 Å². The van der Waals surface area contributed by atoms with Crippen molar-refractivity contribution in [1.82, 2.24) is 10.0 Å². The molecule has 0 unspecified atom stereocenters. The number of hydrogen-bond donors (Lipinski definition) is 2. The lowest BCUT2D eigenvalue weighted by molar-refractivity contribution is 0.129. The average molecular weight is 332 g/mol. The molecule has 2 N–H and O–H groups in total. The number of thiophene rings is 1. The zero-order valence-corrected chi connectivity index (χ0v) is 14.1. The van der Waals surface area contributed by atoms with Gasteiger partial charge < -0.3 is 10.1 Å². The van der Waals surface area contributed by atoms with Gasteiger partial charge in [-0.2, -0.15) is 0 Å². The van der Waals surface area contributed by atoms with Crippen LogP contribution in [0.5, 0.6) is 0 Å². The number of rotatable bonds is 11. The molecule has 1 saturated carbocycles. The Labute approximate surface area is 131 Å².